The number of nitrogens with zero attached hydrogens (tertiary/aromatic N) is 1. The highest BCUT2D eigenvalue weighted by Gasteiger charge is 2.32. The average Bonchev–Trinajstić information content (AvgIpc) is 3.11. The van der Waals surface area contributed by atoms with Gasteiger partial charge in [-0.15, -0.1) is 0 Å². The number of aryl methyl sites for hydroxylation is 2. The van der Waals surface area contributed by atoms with Gasteiger partial charge in [-0.25, -0.2) is 4.98 Å². The zero-order valence-electron chi connectivity index (χ0n) is 11.4. The van der Waals surface area contributed by atoms with E-state index >= 15 is 0 Å². The molecule has 0 bridgehead atoms. The summed E-state index contributed by atoms with van der Waals surface area (Å²) in [5.74, 6) is 2.53. The maximum Gasteiger partial charge on any atom is 0.136 e. The summed E-state index contributed by atoms with van der Waals surface area (Å²) in [5.41, 5.74) is 9.34. The molecule has 1 aromatic heterocycles. The highest BCUT2D eigenvalue weighted by atomic mass is 32.1. The van der Waals surface area contributed by atoms with Crippen LogP contribution in [-0.2, 0) is 12.8 Å². The Balaban J connectivity index is 1.84. The molecule has 2 unspecified atom stereocenters. The van der Waals surface area contributed by atoms with Gasteiger partial charge in [0.05, 0.1) is 5.56 Å². The lowest BCUT2D eigenvalue weighted by Crippen LogP contribution is -2.19. The van der Waals surface area contributed by atoms with Gasteiger partial charge in [0.15, 0.2) is 0 Å². The van der Waals surface area contributed by atoms with Crippen molar-refractivity contribution in [1.82, 2.24) is 4.98 Å². The first-order valence-corrected chi connectivity index (χ1v) is 7.62. The number of pyridine rings is 1. The molecule has 0 amide bonds. The van der Waals surface area contributed by atoms with Crippen LogP contribution in [0.4, 0.5) is 5.82 Å². The SMILES string of the molecule is CC1CC1CNc1nc2c(cc1C(N)=S)CCCC2. The number of anilines is 1. The molecule has 1 saturated carbocycles. The second-order valence-electron chi connectivity index (χ2n) is 5.92. The van der Waals surface area contributed by atoms with Crippen molar-refractivity contribution in [2.24, 2.45) is 17.6 Å². The van der Waals surface area contributed by atoms with Crippen LogP contribution >= 0.6 is 12.2 Å². The Bertz CT molecular complexity index is 512. The van der Waals surface area contributed by atoms with Gasteiger partial charge >= 0.3 is 0 Å². The van der Waals surface area contributed by atoms with Crippen LogP contribution in [0, 0.1) is 11.8 Å². The van der Waals surface area contributed by atoms with Gasteiger partial charge in [-0.05, 0) is 55.6 Å². The second-order valence-corrected chi connectivity index (χ2v) is 6.36. The number of rotatable bonds is 4. The fraction of sp³-hybridized carbons (Fsp3) is 0.600. The first kappa shape index (κ1) is 12.9. The highest BCUT2D eigenvalue weighted by Crippen LogP contribution is 2.37. The summed E-state index contributed by atoms with van der Waals surface area (Å²) < 4.78 is 0. The van der Waals surface area contributed by atoms with E-state index in [0.29, 0.717) is 4.99 Å². The Morgan fingerprint density at radius 1 is 1.47 bits per heavy atom. The summed E-state index contributed by atoms with van der Waals surface area (Å²) in [5, 5.41) is 3.46. The lowest BCUT2D eigenvalue weighted by Gasteiger charge is -2.19. The minimum Gasteiger partial charge on any atom is -0.389 e. The fourth-order valence-electron chi connectivity index (χ4n) is 2.87. The molecule has 1 aromatic rings. The van der Waals surface area contributed by atoms with Crippen LogP contribution < -0.4 is 11.1 Å². The van der Waals surface area contributed by atoms with E-state index in [0.717, 1.165) is 42.6 Å². The molecule has 0 aromatic carbocycles. The highest BCUT2D eigenvalue weighted by molar-refractivity contribution is 7.80. The minimum atomic E-state index is 0.451. The van der Waals surface area contributed by atoms with Gasteiger partial charge in [0, 0.05) is 12.2 Å². The summed E-state index contributed by atoms with van der Waals surface area (Å²) in [6, 6.07) is 2.16. The molecule has 19 heavy (non-hydrogen) atoms. The van der Waals surface area contributed by atoms with Gasteiger partial charge in [0.2, 0.25) is 0 Å². The normalized spacial score (nSPS) is 24.7. The van der Waals surface area contributed by atoms with Crippen LogP contribution in [0.3, 0.4) is 0 Å². The number of nitrogens with one attached hydrogen (secondary N) is 1. The summed E-state index contributed by atoms with van der Waals surface area (Å²) in [6.07, 6.45) is 6.00. The lowest BCUT2D eigenvalue weighted by atomic mass is 9.94. The molecule has 3 nitrogen and oxygen atoms in total. The van der Waals surface area contributed by atoms with Gasteiger partial charge in [-0.3, -0.25) is 0 Å². The van der Waals surface area contributed by atoms with Gasteiger partial charge in [0.25, 0.3) is 0 Å². The van der Waals surface area contributed by atoms with Crippen molar-refractivity contribution in [3.05, 3.63) is 22.9 Å². The molecule has 4 heteroatoms. The van der Waals surface area contributed by atoms with Crippen molar-refractivity contribution in [3.63, 3.8) is 0 Å². The van der Waals surface area contributed by atoms with Gasteiger partial charge < -0.3 is 11.1 Å². The van der Waals surface area contributed by atoms with Crippen molar-refractivity contribution >= 4 is 23.0 Å². The number of aromatic nitrogens is 1. The maximum absolute atomic E-state index is 5.85. The molecular formula is C15H21N3S. The first-order chi connectivity index (χ1) is 9.15. The third-order valence-electron chi connectivity index (χ3n) is 4.37. The first-order valence-electron chi connectivity index (χ1n) is 7.21. The molecule has 0 radical (unpaired) electrons. The molecular weight excluding hydrogens is 254 g/mol. The van der Waals surface area contributed by atoms with E-state index in [1.165, 1.54) is 30.5 Å². The third kappa shape index (κ3) is 2.73. The zero-order chi connectivity index (χ0) is 13.4. The molecule has 0 saturated heterocycles. The molecule has 3 N–H and O–H groups in total. The lowest BCUT2D eigenvalue weighted by molar-refractivity contribution is 0.667. The third-order valence-corrected chi connectivity index (χ3v) is 4.59. The predicted octanol–water partition coefficient (Wildman–Crippen LogP) is 2.66. The van der Waals surface area contributed by atoms with Gasteiger partial charge in [-0.1, -0.05) is 19.1 Å². The van der Waals surface area contributed by atoms with E-state index in [1.54, 1.807) is 0 Å². The molecule has 1 fully saturated rings. The number of hydrogen-bond donors (Lipinski definition) is 2. The number of fused-ring (bicyclic) bond motifs is 1. The number of thiocarbonyl (C=S) groups is 1. The molecule has 0 aliphatic heterocycles. The van der Waals surface area contributed by atoms with E-state index in [1.807, 2.05) is 0 Å². The van der Waals surface area contributed by atoms with Crippen molar-refractivity contribution < 1.29 is 0 Å². The van der Waals surface area contributed by atoms with E-state index in [-0.39, 0.29) is 0 Å². The van der Waals surface area contributed by atoms with E-state index < -0.39 is 0 Å². The monoisotopic (exact) mass is 275 g/mol. The zero-order valence-corrected chi connectivity index (χ0v) is 12.2. The average molecular weight is 275 g/mol. The van der Waals surface area contributed by atoms with E-state index in [4.69, 9.17) is 22.9 Å². The Labute approximate surface area is 120 Å². The van der Waals surface area contributed by atoms with Gasteiger partial charge in [0.1, 0.15) is 10.8 Å². The predicted molar refractivity (Wildman–Crippen MR) is 82.5 cm³/mol. The fourth-order valence-corrected chi connectivity index (χ4v) is 3.02. The molecule has 102 valence electrons. The van der Waals surface area contributed by atoms with E-state index in [2.05, 4.69) is 18.3 Å². The van der Waals surface area contributed by atoms with Crippen molar-refractivity contribution in [2.45, 2.75) is 39.0 Å². The van der Waals surface area contributed by atoms with Crippen LogP contribution in [-0.4, -0.2) is 16.5 Å². The van der Waals surface area contributed by atoms with Crippen molar-refractivity contribution in [2.75, 3.05) is 11.9 Å². The Kier molecular flexibility index (Phi) is 3.44. The maximum atomic E-state index is 5.85. The summed E-state index contributed by atoms with van der Waals surface area (Å²) >= 11 is 5.17. The van der Waals surface area contributed by atoms with Crippen molar-refractivity contribution in [3.8, 4) is 0 Å². The summed E-state index contributed by atoms with van der Waals surface area (Å²) in [7, 11) is 0. The smallest absolute Gasteiger partial charge is 0.136 e. The van der Waals surface area contributed by atoms with Crippen molar-refractivity contribution in [1.29, 1.82) is 0 Å². The van der Waals surface area contributed by atoms with Crippen LogP contribution in [0.25, 0.3) is 0 Å². The molecule has 1 heterocycles. The van der Waals surface area contributed by atoms with Crippen LogP contribution in [0.1, 0.15) is 43.0 Å². The van der Waals surface area contributed by atoms with Crippen LogP contribution in [0.2, 0.25) is 0 Å². The molecule has 2 aliphatic rings. The minimum absolute atomic E-state index is 0.451. The quantitative estimate of drug-likeness (QED) is 0.830. The Morgan fingerprint density at radius 2 is 2.21 bits per heavy atom. The van der Waals surface area contributed by atoms with E-state index in [9.17, 15) is 0 Å². The topological polar surface area (TPSA) is 50.9 Å². The Morgan fingerprint density at radius 3 is 2.89 bits per heavy atom. The second kappa shape index (κ2) is 5.08. The largest absolute Gasteiger partial charge is 0.389 e. The Hall–Kier alpha value is -1.16. The van der Waals surface area contributed by atoms with Gasteiger partial charge in [-0.2, -0.15) is 0 Å². The molecule has 2 atom stereocenters. The van der Waals surface area contributed by atoms with Crippen LogP contribution in [0.15, 0.2) is 6.07 Å². The van der Waals surface area contributed by atoms with Crippen LogP contribution in [0.5, 0.6) is 0 Å². The standard InChI is InChI=1S/C15H21N3S/c1-9-6-11(9)8-17-15-12(14(16)19)7-10-4-2-3-5-13(10)18-15/h7,9,11H,2-6,8H2,1H3,(H2,16,19)(H,17,18). The molecule has 3 rings (SSSR count). The summed E-state index contributed by atoms with van der Waals surface area (Å²) in [6.45, 7) is 3.28. The molecule has 2 aliphatic carbocycles. The number of hydrogen-bond acceptors (Lipinski definition) is 3. The summed E-state index contributed by atoms with van der Waals surface area (Å²) in [4.78, 5) is 5.23. The molecule has 0 spiro atoms. The number of nitrogens with two attached hydrogens (primary N) is 1.